The van der Waals surface area contributed by atoms with Crippen LogP contribution in [0, 0.1) is 20.8 Å². The number of fused-ring (bicyclic) bond motifs is 9. The number of hydrogen-bond donors (Lipinski definition) is 0. The molecule has 3 aliphatic heterocycles. The van der Waals surface area contributed by atoms with Crippen LogP contribution in [-0.2, 0) is 32.5 Å². The Labute approximate surface area is 451 Å². The SMILES string of the molecule is Cc1cc2c3c(c1)N(c1ccc(C(C)(C)C)cc1C)c1cc4c(cc1B3c1ccc(N3c5ccc(C(C)(C)C)cc5C5(C)CCCCC35C)cc1N2c1ccc(C(C)(C)C)cc1C)C(C)(C)c1ccccc1C4(C)C. The fourth-order valence-electron chi connectivity index (χ4n) is 15.1. The Balaban J connectivity index is 1.17. The van der Waals surface area contributed by atoms with Crippen molar-refractivity contribution in [2.45, 2.75) is 188 Å². The van der Waals surface area contributed by atoms with Gasteiger partial charge in [0, 0.05) is 61.7 Å². The zero-order chi connectivity index (χ0) is 53.5. The van der Waals surface area contributed by atoms with E-state index < -0.39 is 0 Å². The molecule has 1 saturated carbocycles. The van der Waals surface area contributed by atoms with Gasteiger partial charge in [0.05, 0.1) is 5.54 Å². The first-order chi connectivity index (χ1) is 35.1. The highest BCUT2D eigenvalue weighted by Gasteiger charge is 2.58. The van der Waals surface area contributed by atoms with Gasteiger partial charge in [-0.05, 0) is 183 Å². The first-order valence-electron chi connectivity index (χ1n) is 28.4. The summed E-state index contributed by atoms with van der Waals surface area (Å²) in [6.45, 7) is 43.1. The van der Waals surface area contributed by atoms with E-state index in [0.29, 0.717) is 0 Å². The van der Waals surface area contributed by atoms with Crippen LogP contribution in [-0.4, -0.2) is 12.3 Å². The maximum atomic E-state index is 2.80. The molecule has 0 bridgehead atoms. The molecule has 7 aromatic carbocycles. The molecule has 0 saturated heterocycles. The molecule has 2 atom stereocenters. The van der Waals surface area contributed by atoms with E-state index in [1.54, 1.807) is 0 Å². The van der Waals surface area contributed by atoms with Crippen LogP contribution in [0.1, 0.15) is 191 Å². The number of hydrogen-bond acceptors (Lipinski definition) is 3. The summed E-state index contributed by atoms with van der Waals surface area (Å²) in [7, 11) is 0. The molecule has 4 heteroatoms. The molecule has 0 aromatic heterocycles. The second kappa shape index (κ2) is 16.0. The molecular weight excluding hydrogens is 906 g/mol. The lowest BCUT2D eigenvalue weighted by Gasteiger charge is -2.51. The van der Waals surface area contributed by atoms with E-state index in [2.05, 4.69) is 261 Å². The Morgan fingerprint density at radius 1 is 0.413 bits per heavy atom. The molecule has 12 rings (SSSR count). The zero-order valence-electron chi connectivity index (χ0n) is 48.8. The van der Waals surface area contributed by atoms with Crippen LogP contribution in [0.5, 0.6) is 0 Å². The van der Waals surface area contributed by atoms with Crippen molar-refractivity contribution in [2.75, 3.05) is 14.7 Å². The fraction of sp³-hybridized carbons (Fsp3) is 0.408. The van der Waals surface area contributed by atoms with Crippen molar-refractivity contribution in [2.24, 2.45) is 0 Å². The molecule has 3 nitrogen and oxygen atoms in total. The lowest BCUT2D eigenvalue weighted by Crippen LogP contribution is -2.62. The number of anilines is 8. The summed E-state index contributed by atoms with van der Waals surface area (Å²) in [6.07, 6.45) is 4.86. The topological polar surface area (TPSA) is 9.72 Å². The van der Waals surface area contributed by atoms with Crippen molar-refractivity contribution in [3.05, 3.63) is 183 Å². The smallest absolute Gasteiger partial charge is 0.252 e. The van der Waals surface area contributed by atoms with Gasteiger partial charge in [-0.1, -0.05) is 183 Å². The minimum absolute atomic E-state index is 0.0115. The summed E-state index contributed by atoms with van der Waals surface area (Å²) < 4.78 is 0. The largest absolute Gasteiger partial charge is 0.334 e. The van der Waals surface area contributed by atoms with Gasteiger partial charge < -0.3 is 14.7 Å². The van der Waals surface area contributed by atoms with Crippen molar-refractivity contribution >= 4 is 68.6 Å². The molecule has 75 heavy (non-hydrogen) atoms. The van der Waals surface area contributed by atoms with Crippen LogP contribution in [0.25, 0.3) is 0 Å². The molecule has 0 amide bonds. The molecule has 1 fully saturated rings. The standard InChI is InChI=1S/C71H82BN3/c1-43-35-62-64-63(36-43)74(58-31-26-47(38-45(58)3)66(7,8)9)61-42-53-52(68(13,14)50-23-19-20-24-51(50)69(53,15)16)41-56(61)72(64)55-29-28-49(40-60(55)73(62)57-30-25-46(37-44(57)2)65(4,5)6)75-59-32-27-48(67(10,11)12)39-54(59)70(17)33-21-22-34-71(70,75)18/h19-20,23-32,35-42H,21-22,33-34H2,1-18H3. The van der Waals surface area contributed by atoms with E-state index in [4.69, 9.17) is 0 Å². The molecule has 0 radical (unpaired) electrons. The predicted molar refractivity (Wildman–Crippen MR) is 324 cm³/mol. The van der Waals surface area contributed by atoms with E-state index in [0.717, 1.165) is 6.42 Å². The van der Waals surface area contributed by atoms with E-state index in [-0.39, 0.29) is 44.7 Å². The number of rotatable bonds is 3. The van der Waals surface area contributed by atoms with Crippen LogP contribution in [0.15, 0.2) is 121 Å². The van der Waals surface area contributed by atoms with Gasteiger partial charge in [-0.2, -0.15) is 0 Å². The van der Waals surface area contributed by atoms with Crippen LogP contribution >= 0.6 is 0 Å². The molecule has 3 heterocycles. The van der Waals surface area contributed by atoms with Crippen molar-refractivity contribution in [1.82, 2.24) is 0 Å². The summed E-state index contributed by atoms with van der Waals surface area (Å²) in [5.74, 6) is 0. The number of nitrogens with zero attached hydrogens (tertiary/aromatic N) is 3. The summed E-state index contributed by atoms with van der Waals surface area (Å²) in [5.41, 5.74) is 29.3. The second-order valence-corrected chi connectivity index (χ2v) is 28.4. The quantitative estimate of drug-likeness (QED) is 0.163. The van der Waals surface area contributed by atoms with Gasteiger partial charge in [0.2, 0.25) is 0 Å². The van der Waals surface area contributed by atoms with Crippen molar-refractivity contribution in [3.63, 3.8) is 0 Å². The van der Waals surface area contributed by atoms with E-state index in [1.807, 2.05) is 0 Å². The third-order valence-corrected chi connectivity index (χ3v) is 19.8. The summed E-state index contributed by atoms with van der Waals surface area (Å²) in [4.78, 5) is 8.16. The molecule has 0 spiro atoms. The Bertz CT molecular complexity index is 3550. The van der Waals surface area contributed by atoms with Crippen LogP contribution < -0.4 is 31.1 Å². The Morgan fingerprint density at radius 2 is 0.893 bits per heavy atom. The highest BCUT2D eigenvalue weighted by molar-refractivity contribution is 7.00. The fourth-order valence-corrected chi connectivity index (χ4v) is 15.1. The van der Waals surface area contributed by atoms with Gasteiger partial charge in [0.25, 0.3) is 6.71 Å². The lowest BCUT2D eigenvalue weighted by atomic mass is 9.33. The van der Waals surface area contributed by atoms with Crippen molar-refractivity contribution in [3.8, 4) is 0 Å². The molecule has 2 unspecified atom stereocenters. The molecule has 5 aliphatic rings. The van der Waals surface area contributed by atoms with Gasteiger partial charge in [-0.3, -0.25) is 0 Å². The Morgan fingerprint density at radius 3 is 1.41 bits per heavy atom. The third-order valence-electron chi connectivity index (χ3n) is 19.8. The number of benzene rings is 7. The molecule has 0 N–H and O–H groups in total. The molecule has 384 valence electrons. The highest BCUT2D eigenvalue weighted by atomic mass is 15.3. The molecular formula is C71H82BN3. The van der Waals surface area contributed by atoms with E-state index >= 15 is 0 Å². The van der Waals surface area contributed by atoms with E-state index in [9.17, 15) is 0 Å². The predicted octanol–water partition coefficient (Wildman–Crippen LogP) is 17.3. The van der Waals surface area contributed by atoms with Gasteiger partial charge in [-0.25, -0.2) is 0 Å². The van der Waals surface area contributed by atoms with Crippen LogP contribution in [0.3, 0.4) is 0 Å². The normalized spacial score (nSPS) is 20.9. The lowest BCUT2D eigenvalue weighted by molar-refractivity contribution is 0.195. The Kier molecular flexibility index (Phi) is 10.7. The maximum absolute atomic E-state index is 2.80. The molecule has 2 aliphatic carbocycles. The number of aryl methyl sites for hydroxylation is 3. The van der Waals surface area contributed by atoms with Gasteiger partial charge >= 0.3 is 0 Å². The minimum atomic E-state index is -0.209. The average molecular weight is 988 g/mol. The first kappa shape index (κ1) is 49.9. The highest BCUT2D eigenvalue weighted by Crippen LogP contribution is 2.62. The van der Waals surface area contributed by atoms with Crippen molar-refractivity contribution in [1.29, 1.82) is 0 Å². The van der Waals surface area contributed by atoms with E-state index in [1.165, 1.54) is 142 Å². The average Bonchev–Trinajstić information content (AvgIpc) is 3.55. The van der Waals surface area contributed by atoms with Crippen molar-refractivity contribution < 1.29 is 0 Å². The summed E-state index contributed by atoms with van der Waals surface area (Å²) in [6, 6.07) is 49.3. The molecule has 7 aromatic rings. The summed E-state index contributed by atoms with van der Waals surface area (Å²) in [5, 5.41) is 0. The van der Waals surface area contributed by atoms with Gasteiger partial charge in [-0.15, -0.1) is 0 Å². The first-order valence-corrected chi connectivity index (χ1v) is 28.4. The minimum Gasteiger partial charge on any atom is -0.334 e. The third kappa shape index (κ3) is 7.05. The summed E-state index contributed by atoms with van der Waals surface area (Å²) >= 11 is 0. The van der Waals surface area contributed by atoms with Crippen LogP contribution in [0.4, 0.5) is 45.5 Å². The zero-order valence-corrected chi connectivity index (χ0v) is 48.8. The monoisotopic (exact) mass is 988 g/mol. The Hall–Kier alpha value is -6.00. The van der Waals surface area contributed by atoms with Gasteiger partial charge in [0.15, 0.2) is 0 Å². The second-order valence-electron chi connectivity index (χ2n) is 28.4. The van der Waals surface area contributed by atoms with Gasteiger partial charge in [0.1, 0.15) is 0 Å². The van der Waals surface area contributed by atoms with Crippen LogP contribution in [0.2, 0.25) is 0 Å². The maximum Gasteiger partial charge on any atom is 0.252 e.